The average molecular weight is 739 g/mol. The molecule has 296 valence electrons. The molecule has 2 aromatic rings. The number of esters is 2. The van der Waals surface area contributed by atoms with Gasteiger partial charge in [-0.2, -0.15) is 0 Å². The minimum Gasteiger partial charge on any atom is -0.507 e. The first-order valence-electron chi connectivity index (χ1n) is 19.1. The lowest BCUT2D eigenvalue weighted by molar-refractivity contribution is -0.337. The van der Waals surface area contributed by atoms with Gasteiger partial charge in [-0.05, 0) is 83.4 Å². The SMILES string of the molecule is Cc1cc(CCC(=O)OCC(C)(C)C2OCC3(CO2)COC(C(C)(C)COC(=O)CCc2cc(C)c(O)c(C(C)(C)C)c2)OC3)cc(C(C)(C)C)c1C. The van der Waals surface area contributed by atoms with Gasteiger partial charge in [0.25, 0.3) is 0 Å². The molecule has 1 spiro atoms. The lowest BCUT2D eigenvalue weighted by atomic mass is 9.81. The molecule has 0 aliphatic carbocycles. The van der Waals surface area contributed by atoms with Gasteiger partial charge >= 0.3 is 11.9 Å². The number of ether oxygens (including phenoxy) is 6. The van der Waals surface area contributed by atoms with Crippen molar-refractivity contribution in [1.82, 2.24) is 0 Å². The van der Waals surface area contributed by atoms with Gasteiger partial charge in [0.2, 0.25) is 0 Å². The summed E-state index contributed by atoms with van der Waals surface area (Å²) in [6, 6.07) is 8.30. The van der Waals surface area contributed by atoms with Gasteiger partial charge in [-0.3, -0.25) is 9.59 Å². The van der Waals surface area contributed by atoms with Gasteiger partial charge < -0.3 is 33.5 Å². The smallest absolute Gasteiger partial charge is 0.306 e. The second-order valence-corrected chi connectivity index (χ2v) is 19.1. The number of benzene rings is 2. The number of phenolic OH excluding ortho intramolecular Hbond substituents is 1. The van der Waals surface area contributed by atoms with Crippen LogP contribution in [0.2, 0.25) is 0 Å². The minimum absolute atomic E-state index is 0.0347. The molecule has 1 N–H and O–H groups in total. The van der Waals surface area contributed by atoms with E-state index in [2.05, 4.69) is 67.5 Å². The van der Waals surface area contributed by atoms with Crippen molar-refractivity contribution >= 4 is 11.9 Å². The second kappa shape index (κ2) is 16.4. The Hall–Kier alpha value is -2.98. The van der Waals surface area contributed by atoms with Gasteiger partial charge in [0.1, 0.15) is 19.0 Å². The summed E-state index contributed by atoms with van der Waals surface area (Å²) in [4.78, 5) is 25.6. The molecule has 9 heteroatoms. The third-order valence-electron chi connectivity index (χ3n) is 10.6. The Labute approximate surface area is 318 Å². The van der Waals surface area contributed by atoms with Crippen molar-refractivity contribution in [3.05, 3.63) is 63.2 Å². The molecule has 53 heavy (non-hydrogen) atoms. The van der Waals surface area contributed by atoms with E-state index in [0.29, 0.717) is 51.4 Å². The number of hydrogen-bond acceptors (Lipinski definition) is 9. The van der Waals surface area contributed by atoms with Crippen LogP contribution in [0.25, 0.3) is 0 Å². The molecule has 0 bridgehead atoms. The number of carbonyl (C=O) groups excluding carboxylic acids is 2. The Morgan fingerprint density at radius 1 is 0.642 bits per heavy atom. The number of phenols is 1. The fraction of sp³-hybridized carbons (Fsp3) is 0.682. The molecule has 2 aliphatic heterocycles. The van der Waals surface area contributed by atoms with E-state index in [1.165, 1.54) is 16.7 Å². The molecule has 0 atom stereocenters. The molecule has 2 aliphatic rings. The fourth-order valence-electron chi connectivity index (χ4n) is 6.99. The lowest BCUT2D eigenvalue weighted by Crippen LogP contribution is -2.57. The van der Waals surface area contributed by atoms with Crippen molar-refractivity contribution in [3.63, 3.8) is 0 Å². The summed E-state index contributed by atoms with van der Waals surface area (Å²) in [6.07, 6.45) is 0.579. The molecule has 0 unspecified atom stereocenters. The van der Waals surface area contributed by atoms with Gasteiger partial charge in [-0.25, -0.2) is 0 Å². The topological polar surface area (TPSA) is 110 Å². The van der Waals surface area contributed by atoms with Crippen molar-refractivity contribution in [2.75, 3.05) is 39.6 Å². The van der Waals surface area contributed by atoms with Crippen LogP contribution >= 0.6 is 0 Å². The third-order valence-corrected chi connectivity index (χ3v) is 10.6. The van der Waals surface area contributed by atoms with Gasteiger partial charge in [-0.15, -0.1) is 0 Å². The predicted octanol–water partition coefficient (Wildman–Crippen LogP) is 8.35. The van der Waals surface area contributed by atoms with Gasteiger partial charge in [0.05, 0.1) is 31.8 Å². The second-order valence-electron chi connectivity index (χ2n) is 19.1. The number of hydrogen-bond donors (Lipinski definition) is 1. The molecule has 0 amide bonds. The van der Waals surface area contributed by atoms with Crippen molar-refractivity contribution in [3.8, 4) is 5.75 Å². The quantitative estimate of drug-likeness (QED) is 0.215. The number of rotatable bonds is 12. The third kappa shape index (κ3) is 11.1. The summed E-state index contributed by atoms with van der Waals surface area (Å²) in [6.45, 7) is 28.7. The largest absolute Gasteiger partial charge is 0.507 e. The summed E-state index contributed by atoms with van der Waals surface area (Å²) in [5.74, 6) is -0.225. The predicted molar refractivity (Wildman–Crippen MR) is 206 cm³/mol. The van der Waals surface area contributed by atoms with E-state index < -0.39 is 28.8 Å². The highest BCUT2D eigenvalue weighted by molar-refractivity contribution is 5.70. The molecule has 0 saturated carbocycles. The van der Waals surface area contributed by atoms with Crippen LogP contribution in [0, 0.1) is 37.0 Å². The molecule has 2 aromatic carbocycles. The number of aryl methyl sites for hydroxylation is 4. The standard InChI is InChI=1S/C44H66O9/c1-28-18-31(20-33(30(28)3)40(4,5)6)14-16-35(45)48-22-42(10,11)38-50-24-44(25-51-38)26-52-39(53-27-44)43(12,13)23-49-36(46)17-15-32-19-29(2)37(47)34(21-32)41(7,8)9/h18-21,38-39,47H,14-17,22-27H2,1-13H3. The van der Waals surface area contributed by atoms with Crippen LogP contribution < -0.4 is 0 Å². The normalized spacial score (nSPS) is 21.5. The Bertz CT molecular complexity index is 1470. The van der Waals surface area contributed by atoms with Crippen LogP contribution in [0.5, 0.6) is 5.75 Å². The van der Waals surface area contributed by atoms with Crippen molar-refractivity contribution in [1.29, 1.82) is 0 Å². The average Bonchev–Trinajstić information content (AvgIpc) is 3.06. The zero-order chi connectivity index (χ0) is 39.6. The molecule has 9 nitrogen and oxygen atoms in total. The van der Waals surface area contributed by atoms with Crippen LogP contribution in [0.3, 0.4) is 0 Å². The molecule has 4 rings (SSSR count). The van der Waals surface area contributed by atoms with Crippen LogP contribution in [-0.2, 0) is 61.7 Å². The van der Waals surface area contributed by atoms with Gasteiger partial charge in [0.15, 0.2) is 12.6 Å². The zero-order valence-corrected chi connectivity index (χ0v) is 34.7. The number of carbonyl (C=O) groups is 2. The van der Waals surface area contributed by atoms with E-state index in [9.17, 15) is 14.7 Å². The zero-order valence-electron chi connectivity index (χ0n) is 34.7. The first-order valence-corrected chi connectivity index (χ1v) is 19.1. The monoisotopic (exact) mass is 738 g/mol. The number of aromatic hydroxyl groups is 1. The maximum absolute atomic E-state index is 12.8. The van der Waals surface area contributed by atoms with Crippen molar-refractivity contribution < 1.29 is 43.1 Å². The van der Waals surface area contributed by atoms with Gasteiger partial charge in [0, 0.05) is 23.7 Å². The summed E-state index contributed by atoms with van der Waals surface area (Å²) in [7, 11) is 0. The molecular formula is C44H66O9. The van der Waals surface area contributed by atoms with E-state index in [1.807, 2.05) is 46.8 Å². The fourth-order valence-corrected chi connectivity index (χ4v) is 6.99. The maximum Gasteiger partial charge on any atom is 0.306 e. The highest BCUT2D eigenvalue weighted by atomic mass is 16.7. The van der Waals surface area contributed by atoms with E-state index in [0.717, 1.165) is 22.3 Å². The van der Waals surface area contributed by atoms with Crippen LogP contribution in [0.15, 0.2) is 24.3 Å². The summed E-state index contributed by atoms with van der Waals surface area (Å²) < 4.78 is 36.3. The first-order chi connectivity index (χ1) is 24.4. The molecule has 2 saturated heterocycles. The summed E-state index contributed by atoms with van der Waals surface area (Å²) in [5.41, 5.74) is 5.89. The maximum atomic E-state index is 12.8. The van der Waals surface area contributed by atoms with E-state index >= 15 is 0 Å². The van der Waals surface area contributed by atoms with Crippen molar-refractivity contribution in [2.45, 2.75) is 139 Å². The van der Waals surface area contributed by atoms with Crippen LogP contribution in [0.1, 0.15) is 121 Å². The van der Waals surface area contributed by atoms with E-state index in [-0.39, 0.29) is 42.4 Å². The molecule has 0 aromatic heterocycles. The van der Waals surface area contributed by atoms with E-state index in [4.69, 9.17) is 28.4 Å². The van der Waals surface area contributed by atoms with Crippen LogP contribution in [0.4, 0.5) is 0 Å². The van der Waals surface area contributed by atoms with Crippen LogP contribution in [-0.4, -0.2) is 69.3 Å². The molecule has 2 heterocycles. The Balaban J connectivity index is 1.19. The Morgan fingerprint density at radius 2 is 1.02 bits per heavy atom. The summed E-state index contributed by atoms with van der Waals surface area (Å²) >= 11 is 0. The van der Waals surface area contributed by atoms with Crippen molar-refractivity contribution in [2.24, 2.45) is 16.2 Å². The molecule has 2 fully saturated rings. The Morgan fingerprint density at radius 3 is 1.42 bits per heavy atom. The Kier molecular flexibility index (Phi) is 13.2. The molecule has 0 radical (unpaired) electrons. The lowest BCUT2D eigenvalue weighted by Gasteiger charge is -2.48. The first kappa shape index (κ1) is 42.8. The van der Waals surface area contributed by atoms with E-state index in [1.54, 1.807) is 0 Å². The summed E-state index contributed by atoms with van der Waals surface area (Å²) in [5, 5.41) is 10.5. The van der Waals surface area contributed by atoms with Gasteiger partial charge in [-0.1, -0.05) is 93.5 Å². The molecular weight excluding hydrogens is 672 g/mol. The highest BCUT2D eigenvalue weighted by Gasteiger charge is 2.48. The highest BCUT2D eigenvalue weighted by Crippen LogP contribution is 2.39. The minimum atomic E-state index is -0.580.